The minimum atomic E-state index is -0.602. The topological polar surface area (TPSA) is 108 Å². The monoisotopic (exact) mass is 307 g/mol. The molecule has 0 radical (unpaired) electrons. The van der Waals surface area contributed by atoms with Crippen LogP contribution in [0.4, 0.5) is 10.7 Å². The van der Waals surface area contributed by atoms with Crippen molar-refractivity contribution < 1.29 is 14.6 Å². The van der Waals surface area contributed by atoms with Crippen molar-refractivity contribution in [3.8, 4) is 10.9 Å². The van der Waals surface area contributed by atoms with Crippen LogP contribution < -0.4 is 4.74 Å². The van der Waals surface area contributed by atoms with Crippen LogP contribution in [-0.4, -0.2) is 14.8 Å². The molecule has 0 aliphatic heterocycles. The lowest BCUT2D eigenvalue weighted by Gasteiger charge is -2.04. The van der Waals surface area contributed by atoms with Gasteiger partial charge < -0.3 is 4.74 Å². The fourth-order valence-corrected chi connectivity index (χ4v) is 2.20. The molecule has 0 unspecified atom stereocenters. The van der Waals surface area contributed by atoms with Crippen LogP contribution in [0.3, 0.4) is 0 Å². The molecule has 2 rings (SSSR count). The Morgan fingerprint density at radius 3 is 2.62 bits per heavy atom. The van der Waals surface area contributed by atoms with E-state index in [9.17, 15) is 20.2 Å². The van der Waals surface area contributed by atoms with Crippen LogP contribution >= 0.6 is 11.3 Å². The molecule has 108 valence electrons. The molecule has 0 saturated heterocycles. The second-order valence-corrected chi connectivity index (χ2v) is 4.75. The zero-order chi connectivity index (χ0) is 15.4. The van der Waals surface area contributed by atoms with Gasteiger partial charge in [0.1, 0.15) is 6.20 Å². The summed E-state index contributed by atoms with van der Waals surface area (Å²) in [6.07, 6.45) is 4.29. The van der Waals surface area contributed by atoms with E-state index in [0.717, 1.165) is 6.20 Å². The highest BCUT2D eigenvalue weighted by Crippen LogP contribution is 2.37. The number of ether oxygens (including phenoxy) is 1. The second kappa shape index (κ2) is 6.09. The van der Waals surface area contributed by atoms with Gasteiger partial charge in [0.05, 0.1) is 15.4 Å². The lowest BCUT2D eigenvalue weighted by Crippen LogP contribution is -1.95. The average Bonchev–Trinajstić information content (AvgIpc) is 2.87. The first-order valence-electron chi connectivity index (χ1n) is 5.71. The van der Waals surface area contributed by atoms with Gasteiger partial charge in [0, 0.05) is 0 Å². The summed E-state index contributed by atoms with van der Waals surface area (Å²) in [6, 6.07) is 4.59. The van der Waals surface area contributed by atoms with Crippen molar-refractivity contribution in [2.75, 3.05) is 0 Å². The number of nitro benzene ring substituents is 1. The summed E-state index contributed by atoms with van der Waals surface area (Å²) in [5, 5.41) is 21.5. The first kappa shape index (κ1) is 14.6. The van der Waals surface area contributed by atoms with Gasteiger partial charge in [-0.3, -0.25) is 20.2 Å². The van der Waals surface area contributed by atoms with Crippen molar-refractivity contribution in [3.05, 3.63) is 56.3 Å². The summed E-state index contributed by atoms with van der Waals surface area (Å²) in [4.78, 5) is 24.3. The number of hydrogen-bond donors (Lipinski definition) is 0. The number of nitro groups is 2. The lowest BCUT2D eigenvalue weighted by atomic mass is 10.1. The van der Waals surface area contributed by atoms with Gasteiger partial charge in [-0.25, -0.2) is 4.98 Å². The number of nitrogens with zero attached hydrogens (tertiary/aromatic N) is 3. The van der Waals surface area contributed by atoms with E-state index in [1.807, 2.05) is 0 Å². The van der Waals surface area contributed by atoms with Gasteiger partial charge >= 0.3 is 10.7 Å². The number of para-hydroxylation sites is 1. The van der Waals surface area contributed by atoms with Gasteiger partial charge in [-0.2, -0.15) is 0 Å². The van der Waals surface area contributed by atoms with E-state index in [-0.39, 0.29) is 21.6 Å². The number of allylic oxidation sites excluding steroid dienone is 1. The van der Waals surface area contributed by atoms with E-state index in [4.69, 9.17) is 4.74 Å². The highest BCUT2D eigenvalue weighted by molar-refractivity contribution is 7.16. The van der Waals surface area contributed by atoms with Crippen LogP contribution in [0, 0.1) is 20.2 Å². The fraction of sp³-hybridized carbons (Fsp3) is 0.0833. The Hall–Kier alpha value is -2.81. The normalized spacial score (nSPS) is 10.7. The third-order valence-corrected chi connectivity index (χ3v) is 3.24. The Bertz CT molecular complexity index is 725. The maximum atomic E-state index is 11.2. The van der Waals surface area contributed by atoms with Gasteiger partial charge in [0.2, 0.25) is 5.75 Å². The Morgan fingerprint density at radius 2 is 2.05 bits per heavy atom. The third-order valence-electron chi connectivity index (χ3n) is 2.41. The molecule has 9 heteroatoms. The predicted molar refractivity (Wildman–Crippen MR) is 76.6 cm³/mol. The van der Waals surface area contributed by atoms with Crippen molar-refractivity contribution in [1.29, 1.82) is 0 Å². The van der Waals surface area contributed by atoms with Crippen LogP contribution in [0.15, 0.2) is 30.5 Å². The summed E-state index contributed by atoms with van der Waals surface area (Å²) in [5.41, 5.74) is 0.166. The summed E-state index contributed by atoms with van der Waals surface area (Å²) >= 11 is 0.702. The maximum absolute atomic E-state index is 11.2. The van der Waals surface area contributed by atoms with Crippen molar-refractivity contribution in [2.24, 2.45) is 0 Å². The van der Waals surface area contributed by atoms with Gasteiger partial charge in [-0.05, 0) is 30.4 Å². The van der Waals surface area contributed by atoms with Crippen LogP contribution in [0.1, 0.15) is 12.5 Å². The Kier molecular flexibility index (Phi) is 4.24. The van der Waals surface area contributed by atoms with Gasteiger partial charge in [0.25, 0.3) is 5.19 Å². The van der Waals surface area contributed by atoms with Gasteiger partial charge in [0.15, 0.2) is 0 Å². The Morgan fingerprint density at radius 1 is 1.29 bits per heavy atom. The van der Waals surface area contributed by atoms with E-state index < -0.39 is 9.85 Å². The minimum absolute atomic E-state index is 0.0140. The first-order valence-corrected chi connectivity index (χ1v) is 6.52. The van der Waals surface area contributed by atoms with Gasteiger partial charge in [-0.15, -0.1) is 0 Å². The summed E-state index contributed by atoms with van der Waals surface area (Å²) < 4.78 is 5.32. The SMILES string of the molecule is CC=Cc1cccc(Oc2ncc([N+](=O)[O-])s2)c1[N+](=O)[O-]. The molecule has 1 aromatic carbocycles. The molecule has 0 aliphatic carbocycles. The highest BCUT2D eigenvalue weighted by Gasteiger charge is 2.22. The summed E-state index contributed by atoms with van der Waals surface area (Å²) in [7, 11) is 0. The van der Waals surface area contributed by atoms with E-state index in [1.165, 1.54) is 6.07 Å². The number of thiazole rings is 1. The predicted octanol–water partition coefficient (Wildman–Crippen LogP) is 3.78. The van der Waals surface area contributed by atoms with Crippen LogP contribution in [-0.2, 0) is 0 Å². The molecule has 0 atom stereocenters. The third kappa shape index (κ3) is 3.20. The van der Waals surface area contributed by atoms with Crippen molar-refractivity contribution in [2.45, 2.75) is 6.92 Å². The standard InChI is InChI=1S/C12H9N3O5S/c1-2-4-8-5-3-6-9(11(8)15(18)19)20-12-13-7-10(21-12)14(16)17/h2-7H,1H3. The summed E-state index contributed by atoms with van der Waals surface area (Å²) in [5.74, 6) is -0.0140. The zero-order valence-electron chi connectivity index (χ0n) is 10.8. The molecule has 0 N–H and O–H groups in total. The molecule has 1 heterocycles. The van der Waals surface area contributed by atoms with E-state index in [2.05, 4.69) is 4.98 Å². The molecular formula is C12H9N3O5S. The highest BCUT2D eigenvalue weighted by atomic mass is 32.1. The molecule has 1 aromatic heterocycles. The summed E-state index contributed by atoms with van der Waals surface area (Å²) in [6.45, 7) is 1.74. The second-order valence-electron chi connectivity index (χ2n) is 3.77. The molecule has 21 heavy (non-hydrogen) atoms. The number of aromatic nitrogens is 1. The zero-order valence-corrected chi connectivity index (χ0v) is 11.6. The number of rotatable bonds is 5. The van der Waals surface area contributed by atoms with Gasteiger partial charge in [-0.1, -0.05) is 18.2 Å². The molecule has 8 nitrogen and oxygen atoms in total. The minimum Gasteiger partial charge on any atom is -0.423 e. The number of benzene rings is 1. The van der Waals surface area contributed by atoms with Crippen molar-refractivity contribution >= 4 is 28.1 Å². The van der Waals surface area contributed by atoms with Crippen LogP contribution in [0.2, 0.25) is 0 Å². The lowest BCUT2D eigenvalue weighted by molar-refractivity contribution is -0.385. The Labute approximate surface area is 122 Å². The fourth-order valence-electron chi connectivity index (χ4n) is 1.61. The molecule has 0 bridgehead atoms. The smallest absolute Gasteiger partial charge is 0.347 e. The molecule has 0 fully saturated rings. The molecule has 0 amide bonds. The quantitative estimate of drug-likeness (QED) is 0.614. The molecule has 0 spiro atoms. The molecule has 0 saturated carbocycles. The van der Waals surface area contributed by atoms with E-state index in [1.54, 1.807) is 31.2 Å². The van der Waals surface area contributed by atoms with Crippen molar-refractivity contribution in [3.63, 3.8) is 0 Å². The van der Waals surface area contributed by atoms with E-state index in [0.29, 0.717) is 16.9 Å². The Balaban J connectivity index is 2.41. The van der Waals surface area contributed by atoms with Crippen LogP contribution in [0.25, 0.3) is 6.08 Å². The van der Waals surface area contributed by atoms with Crippen molar-refractivity contribution in [1.82, 2.24) is 4.98 Å². The van der Waals surface area contributed by atoms with Crippen LogP contribution in [0.5, 0.6) is 10.9 Å². The maximum Gasteiger partial charge on any atom is 0.347 e. The average molecular weight is 307 g/mol. The van der Waals surface area contributed by atoms with E-state index >= 15 is 0 Å². The number of hydrogen-bond acceptors (Lipinski definition) is 7. The largest absolute Gasteiger partial charge is 0.423 e. The molecular weight excluding hydrogens is 298 g/mol. The molecule has 0 aliphatic rings. The first-order chi connectivity index (χ1) is 10.0. The molecule has 2 aromatic rings.